The number of aliphatic carboxylic acids is 1. The van der Waals surface area contributed by atoms with Crippen molar-refractivity contribution in [2.75, 3.05) is 5.32 Å². The number of nitrogens with one attached hydrogen (secondary N) is 1. The van der Waals surface area contributed by atoms with Gasteiger partial charge in [0.25, 0.3) is 0 Å². The number of carbonyl (C=O) groups is 2. The number of hydrogen-bond acceptors (Lipinski definition) is 3. The van der Waals surface area contributed by atoms with Gasteiger partial charge >= 0.3 is 0 Å². The Kier molecular flexibility index (Phi) is 3.79. The topological polar surface area (TPSA) is 69.2 Å². The summed E-state index contributed by atoms with van der Waals surface area (Å²) in [7, 11) is 0. The molecule has 4 heteroatoms. The molecule has 3 aliphatic carbocycles. The van der Waals surface area contributed by atoms with E-state index in [1.807, 2.05) is 66.7 Å². The Labute approximate surface area is 162 Å². The fourth-order valence-electron chi connectivity index (χ4n) is 5.02. The third-order valence-electron chi connectivity index (χ3n) is 6.05. The van der Waals surface area contributed by atoms with Crippen LogP contribution in [0.5, 0.6) is 0 Å². The highest BCUT2D eigenvalue weighted by molar-refractivity contribution is 5.97. The van der Waals surface area contributed by atoms with E-state index in [1.165, 1.54) is 0 Å². The zero-order chi connectivity index (χ0) is 19.3. The molecule has 6 rings (SSSR count). The number of anilines is 1. The number of fused-ring (bicyclic) bond motifs is 1. The number of carboxylic acids is 1. The molecule has 2 atom stereocenters. The molecule has 0 unspecified atom stereocenters. The third-order valence-corrected chi connectivity index (χ3v) is 6.05. The van der Waals surface area contributed by atoms with Gasteiger partial charge in [-0.1, -0.05) is 66.7 Å². The molecule has 138 valence electrons. The Morgan fingerprint density at radius 3 is 1.54 bits per heavy atom. The number of benzene rings is 3. The van der Waals surface area contributed by atoms with Gasteiger partial charge in [-0.2, -0.15) is 0 Å². The van der Waals surface area contributed by atoms with E-state index >= 15 is 0 Å². The molecular weight excluding hydrogens is 350 g/mol. The second kappa shape index (κ2) is 6.34. The largest absolute Gasteiger partial charge is 0.550 e. The van der Waals surface area contributed by atoms with Crippen LogP contribution in [0.4, 0.5) is 5.69 Å². The minimum absolute atomic E-state index is 0.278. The summed E-state index contributed by atoms with van der Waals surface area (Å²) in [6.45, 7) is 0. The van der Waals surface area contributed by atoms with Crippen molar-refractivity contribution < 1.29 is 14.7 Å². The van der Waals surface area contributed by atoms with Gasteiger partial charge in [-0.05, 0) is 34.4 Å². The van der Waals surface area contributed by atoms with Gasteiger partial charge in [0.1, 0.15) is 0 Å². The summed E-state index contributed by atoms with van der Waals surface area (Å²) in [5.41, 5.74) is 4.72. The molecule has 1 N–H and O–H groups in total. The first-order valence-electron chi connectivity index (χ1n) is 9.41. The van der Waals surface area contributed by atoms with E-state index in [1.54, 1.807) is 12.1 Å². The number of rotatable bonds is 3. The molecule has 3 aliphatic rings. The maximum atomic E-state index is 13.3. The lowest BCUT2D eigenvalue weighted by molar-refractivity contribution is -0.314. The second-order valence-corrected chi connectivity index (χ2v) is 7.44. The molecule has 3 aromatic carbocycles. The maximum Gasteiger partial charge on any atom is 0.229 e. The normalized spacial score (nSPS) is 24.1. The first kappa shape index (κ1) is 16.8. The van der Waals surface area contributed by atoms with Crippen molar-refractivity contribution in [3.8, 4) is 0 Å². The van der Waals surface area contributed by atoms with Crippen molar-refractivity contribution in [3.63, 3.8) is 0 Å². The number of amides is 1. The highest BCUT2D eigenvalue weighted by atomic mass is 16.4. The predicted molar refractivity (Wildman–Crippen MR) is 104 cm³/mol. The van der Waals surface area contributed by atoms with Crippen LogP contribution in [0.2, 0.25) is 0 Å². The number of hydrogen-bond donors (Lipinski definition) is 1. The number of carbonyl (C=O) groups excluding carboxylic acids is 2. The van der Waals surface area contributed by atoms with Crippen LogP contribution in [0.15, 0.2) is 78.9 Å². The van der Waals surface area contributed by atoms with Crippen molar-refractivity contribution >= 4 is 17.6 Å². The average Bonchev–Trinajstić information content (AvgIpc) is 2.73. The minimum Gasteiger partial charge on any atom is -0.550 e. The lowest BCUT2D eigenvalue weighted by Gasteiger charge is -2.50. The van der Waals surface area contributed by atoms with E-state index < -0.39 is 17.8 Å². The second-order valence-electron chi connectivity index (χ2n) is 7.44. The minimum atomic E-state index is -1.17. The third kappa shape index (κ3) is 2.38. The molecule has 0 fully saturated rings. The molecule has 0 spiro atoms. The summed E-state index contributed by atoms with van der Waals surface area (Å²) < 4.78 is 0. The standard InChI is InChI=1S/C24H19NO3/c26-23(25-14-8-2-1-3-9-14)21-19-15-10-4-6-12-17(15)20(22(21)24(27)28)18-13-7-5-11-16(18)19/h1-13,19-22H,(H,25,26)(H,27,28)/p-1/t19?,20?,21-,22+/m1/s1. The molecule has 0 saturated carbocycles. The van der Waals surface area contributed by atoms with Crippen LogP contribution in [0.3, 0.4) is 0 Å². The van der Waals surface area contributed by atoms with Gasteiger partial charge in [0.2, 0.25) is 5.91 Å². The van der Waals surface area contributed by atoms with Crippen LogP contribution in [-0.4, -0.2) is 11.9 Å². The van der Waals surface area contributed by atoms with Gasteiger partial charge in [-0.15, -0.1) is 0 Å². The van der Waals surface area contributed by atoms with Gasteiger partial charge in [0, 0.05) is 29.4 Å². The van der Waals surface area contributed by atoms with Gasteiger partial charge < -0.3 is 15.2 Å². The van der Waals surface area contributed by atoms with Crippen molar-refractivity contribution in [1.29, 1.82) is 0 Å². The van der Waals surface area contributed by atoms with Crippen molar-refractivity contribution in [3.05, 3.63) is 101 Å². The van der Waals surface area contributed by atoms with Gasteiger partial charge in [0.15, 0.2) is 0 Å². The first-order valence-corrected chi connectivity index (χ1v) is 9.41. The Balaban J connectivity index is 1.67. The molecule has 28 heavy (non-hydrogen) atoms. The molecule has 4 nitrogen and oxygen atoms in total. The maximum absolute atomic E-state index is 13.3. The summed E-state index contributed by atoms with van der Waals surface area (Å²) in [6, 6.07) is 24.9. The van der Waals surface area contributed by atoms with Gasteiger partial charge in [-0.25, -0.2) is 0 Å². The molecular formula is C24H18NO3-. The Bertz CT molecular complexity index is 1030. The molecule has 1 amide bonds. The zero-order valence-electron chi connectivity index (χ0n) is 15.0. The summed E-state index contributed by atoms with van der Waals surface area (Å²) in [4.78, 5) is 25.5. The first-order chi connectivity index (χ1) is 13.7. The van der Waals surface area contributed by atoms with Crippen molar-refractivity contribution in [2.45, 2.75) is 11.8 Å². The zero-order valence-corrected chi connectivity index (χ0v) is 15.0. The van der Waals surface area contributed by atoms with E-state index in [-0.39, 0.29) is 17.7 Å². The van der Waals surface area contributed by atoms with Gasteiger partial charge in [0.05, 0.1) is 5.92 Å². The lowest BCUT2D eigenvalue weighted by atomic mass is 9.54. The summed E-state index contributed by atoms with van der Waals surface area (Å²) in [6.07, 6.45) is 0. The van der Waals surface area contributed by atoms with E-state index in [2.05, 4.69) is 5.32 Å². The molecule has 3 aromatic rings. The molecule has 2 bridgehead atoms. The Hall–Kier alpha value is -3.40. The van der Waals surface area contributed by atoms with Crippen molar-refractivity contribution in [1.82, 2.24) is 0 Å². The smallest absolute Gasteiger partial charge is 0.229 e. The molecule has 0 radical (unpaired) electrons. The summed E-state index contributed by atoms with van der Waals surface area (Å²) >= 11 is 0. The summed E-state index contributed by atoms with van der Waals surface area (Å²) in [5, 5.41) is 15.2. The SMILES string of the molecule is O=C(Nc1ccccc1)[C@@H]1C2c3ccccc3C(c3ccccc32)[C@@H]1C(=O)[O-]. The quantitative estimate of drug-likeness (QED) is 0.773. The molecule has 0 aromatic heterocycles. The number of para-hydroxylation sites is 1. The van der Waals surface area contributed by atoms with Crippen LogP contribution in [0, 0.1) is 11.8 Å². The van der Waals surface area contributed by atoms with Crippen LogP contribution in [0.25, 0.3) is 0 Å². The monoisotopic (exact) mass is 368 g/mol. The Morgan fingerprint density at radius 2 is 1.07 bits per heavy atom. The van der Waals surface area contributed by atoms with E-state index in [0.717, 1.165) is 22.3 Å². The van der Waals surface area contributed by atoms with Crippen LogP contribution < -0.4 is 10.4 Å². The van der Waals surface area contributed by atoms with E-state index in [0.29, 0.717) is 5.69 Å². The number of carboxylic acid groups (broad SMARTS) is 1. The van der Waals surface area contributed by atoms with Crippen LogP contribution in [-0.2, 0) is 9.59 Å². The lowest BCUT2D eigenvalue weighted by Crippen LogP contribution is -2.52. The van der Waals surface area contributed by atoms with E-state index in [4.69, 9.17) is 0 Å². The molecule has 0 saturated heterocycles. The Morgan fingerprint density at radius 1 is 0.643 bits per heavy atom. The fourth-order valence-corrected chi connectivity index (χ4v) is 5.02. The van der Waals surface area contributed by atoms with Gasteiger partial charge in [-0.3, -0.25) is 4.79 Å². The highest BCUT2D eigenvalue weighted by Crippen LogP contribution is 2.58. The average molecular weight is 368 g/mol. The predicted octanol–water partition coefficient (Wildman–Crippen LogP) is 2.90. The van der Waals surface area contributed by atoms with Crippen molar-refractivity contribution in [2.24, 2.45) is 11.8 Å². The highest BCUT2D eigenvalue weighted by Gasteiger charge is 2.52. The fraction of sp³-hybridized carbons (Fsp3) is 0.167. The molecule has 0 aliphatic heterocycles. The van der Waals surface area contributed by atoms with Crippen LogP contribution in [0.1, 0.15) is 34.1 Å². The summed E-state index contributed by atoms with van der Waals surface area (Å²) in [5.74, 6) is -3.76. The molecule has 0 heterocycles. The van der Waals surface area contributed by atoms with Crippen LogP contribution >= 0.6 is 0 Å². The van der Waals surface area contributed by atoms with E-state index in [9.17, 15) is 14.7 Å².